The van der Waals surface area contributed by atoms with Gasteiger partial charge in [0.25, 0.3) is 21.8 Å². The molecule has 2 amide bonds. The third-order valence-corrected chi connectivity index (χ3v) is 5.18. The molecule has 8 heteroatoms. The number of rotatable bonds is 5. The maximum Gasteiger partial charge on any atom is 0.276 e. The van der Waals surface area contributed by atoms with E-state index in [0.717, 1.165) is 10.5 Å². The fraction of sp³-hybridized carbons (Fsp3) is 0.167. The fourth-order valence-corrected chi connectivity index (χ4v) is 3.43. The van der Waals surface area contributed by atoms with Crippen molar-refractivity contribution in [3.8, 4) is 0 Å². The van der Waals surface area contributed by atoms with Gasteiger partial charge >= 0.3 is 0 Å². The first-order valence-corrected chi connectivity index (χ1v) is 9.35. The van der Waals surface area contributed by atoms with Gasteiger partial charge in [-0.25, -0.2) is 4.83 Å². The maximum atomic E-state index is 12.3. The molecule has 0 atom stereocenters. The summed E-state index contributed by atoms with van der Waals surface area (Å²) in [5.41, 5.74) is 1.90. The number of carbonyl (C=O) groups is 2. The van der Waals surface area contributed by atoms with Crippen molar-refractivity contribution in [2.24, 2.45) is 5.10 Å². The van der Waals surface area contributed by atoms with Gasteiger partial charge in [0.1, 0.15) is 0 Å². The second kappa shape index (κ2) is 6.72. The zero-order valence-corrected chi connectivity index (χ0v) is 15.1. The molecule has 0 aromatic heterocycles. The summed E-state index contributed by atoms with van der Waals surface area (Å²) in [4.78, 5) is 27.9. The van der Waals surface area contributed by atoms with E-state index in [1.54, 1.807) is 43.3 Å². The molecule has 0 unspecified atom stereocenters. The number of carbonyl (C=O) groups excluding carboxylic acids is 2. The van der Waals surface area contributed by atoms with Gasteiger partial charge in [-0.3, -0.25) is 14.5 Å². The van der Waals surface area contributed by atoms with Crippen LogP contribution in [0.25, 0.3) is 0 Å². The van der Waals surface area contributed by atoms with E-state index in [9.17, 15) is 18.0 Å². The van der Waals surface area contributed by atoms with Crippen LogP contribution >= 0.6 is 0 Å². The van der Waals surface area contributed by atoms with Crippen LogP contribution in [-0.2, 0) is 10.0 Å². The number of nitrogens with zero attached hydrogens (tertiary/aromatic N) is 2. The van der Waals surface area contributed by atoms with Crippen molar-refractivity contribution in [1.29, 1.82) is 0 Å². The average Bonchev–Trinajstić information content (AvgIpc) is 2.86. The highest BCUT2D eigenvalue weighted by molar-refractivity contribution is 7.89. The second-order valence-corrected chi connectivity index (χ2v) is 7.66. The molecule has 0 saturated carbocycles. The fourth-order valence-electron chi connectivity index (χ4n) is 2.56. The summed E-state index contributed by atoms with van der Waals surface area (Å²) in [5.74, 6) is -0.830. The van der Waals surface area contributed by atoms with Gasteiger partial charge in [-0.05, 0) is 38.1 Å². The zero-order valence-electron chi connectivity index (χ0n) is 14.3. The van der Waals surface area contributed by atoms with Crippen LogP contribution in [0.5, 0.6) is 0 Å². The van der Waals surface area contributed by atoms with Crippen molar-refractivity contribution in [3.05, 3.63) is 65.2 Å². The van der Waals surface area contributed by atoms with E-state index in [-0.39, 0.29) is 17.2 Å². The summed E-state index contributed by atoms with van der Waals surface area (Å²) in [6.45, 7) is 3.30. The summed E-state index contributed by atoms with van der Waals surface area (Å²) < 4.78 is 24.5. The van der Waals surface area contributed by atoms with Gasteiger partial charge in [-0.2, -0.15) is 13.5 Å². The molecule has 0 saturated heterocycles. The SMILES string of the molecule is C/C(CN1C(=O)c2ccccc2C1=O)=N/NS(=O)(=O)c1ccc(C)cc1. The summed E-state index contributed by atoms with van der Waals surface area (Å²) in [5, 5.41) is 3.82. The predicted molar refractivity (Wildman–Crippen MR) is 96.4 cm³/mol. The lowest BCUT2D eigenvalue weighted by atomic mass is 10.1. The van der Waals surface area contributed by atoms with Crippen molar-refractivity contribution in [2.75, 3.05) is 6.54 Å². The van der Waals surface area contributed by atoms with Crippen LogP contribution in [0, 0.1) is 6.92 Å². The molecule has 0 spiro atoms. The Kier molecular flexibility index (Phi) is 4.60. The number of nitrogens with one attached hydrogen (secondary N) is 1. The summed E-state index contributed by atoms with van der Waals surface area (Å²) in [6, 6.07) is 12.9. The van der Waals surface area contributed by atoms with Crippen LogP contribution in [0.4, 0.5) is 0 Å². The Labute approximate surface area is 151 Å². The maximum absolute atomic E-state index is 12.3. The summed E-state index contributed by atoms with van der Waals surface area (Å²) in [6.07, 6.45) is 0. The van der Waals surface area contributed by atoms with Crippen molar-refractivity contribution < 1.29 is 18.0 Å². The second-order valence-electron chi connectivity index (χ2n) is 6.00. The lowest BCUT2D eigenvalue weighted by Gasteiger charge is -2.13. The van der Waals surface area contributed by atoms with Gasteiger partial charge in [0.2, 0.25) is 0 Å². The molecule has 0 bridgehead atoms. The number of hydrogen-bond donors (Lipinski definition) is 1. The van der Waals surface area contributed by atoms with Crippen LogP contribution in [0.15, 0.2) is 58.5 Å². The molecule has 1 N–H and O–H groups in total. The Bertz CT molecular complexity index is 976. The number of hydrogen-bond acceptors (Lipinski definition) is 5. The molecule has 1 aliphatic rings. The minimum atomic E-state index is -3.81. The smallest absolute Gasteiger partial charge is 0.269 e. The molecule has 0 fully saturated rings. The molecule has 3 rings (SSSR count). The monoisotopic (exact) mass is 371 g/mol. The van der Waals surface area contributed by atoms with Gasteiger partial charge in [-0.1, -0.05) is 29.8 Å². The van der Waals surface area contributed by atoms with E-state index in [2.05, 4.69) is 9.93 Å². The van der Waals surface area contributed by atoms with Crippen molar-refractivity contribution in [3.63, 3.8) is 0 Å². The Balaban J connectivity index is 1.73. The first kappa shape index (κ1) is 17.8. The van der Waals surface area contributed by atoms with Crippen molar-refractivity contribution >= 4 is 27.5 Å². The lowest BCUT2D eigenvalue weighted by Crippen LogP contribution is -2.35. The molecule has 134 valence electrons. The van der Waals surface area contributed by atoms with Gasteiger partial charge < -0.3 is 0 Å². The number of aryl methyl sites for hydroxylation is 1. The van der Waals surface area contributed by atoms with Crippen LogP contribution in [0.1, 0.15) is 33.2 Å². The Morgan fingerprint density at radius 2 is 1.54 bits per heavy atom. The Morgan fingerprint density at radius 1 is 1.00 bits per heavy atom. The van der Waals surface area contributed by atoms with E-state index in [0.29, 0.717) is 11.1 Å². The molecule has 2 aromatic rings. The minimum Gasteiger partial charge on any atom is -0.269 e. The van der Waals surface area contributed by atoms with E-state index in [4.69, 9.17) is 0 Å². The first-order valence-electron chi connectivity index (χ1n) is 7.86. The largest absolute Gasteiger partial charge is 0.276 e. The molecule has 1 aliphatic heterocycles. The Hall–Kier alpha value is -3.00. The summed E-state index contributed by atoms with van der Waals surface area (Å²) >= 11 is 0. The predicted octanol–water partition coefficient (Wildman–Crippen LogP) is 1.95. The highest BCUT2D eigenvalue weighted by Gasteiger charge is 2.35. The number of sulfonamides is 1. The van der Waals surface area contributed by atoms with Crippen molar-refractivity contribution in [2.45, 2.75) is 18.7 Å². The third-order valence-electron chi connectivity index (χ3n) is 3.95. The zero-order chi connectivity index (χ0) is 18.9. The molecule has 2 aromatic carbocycles. The van der Waals surface area contributed by atoms with Crippen LogP contribution < -0.4 is 4.83 Å². The number of imide groups is 1. The number of amides is 2. The molecule has 0 radical (unpaired) electrons. The summed E-state index contributed by atoms with van der Waals surface area (Å²) in [7, 11) is -3.81. The topological polar surface area (TPSA) is 95.9 Å². The standard InChI is InChI=1S/C18H17N3O4S/c1-12-7-9-14(10-8-12)26(24,25)20-19-13(2)11-21-17(22)15-5-3-4-6-16(15)18(21)23/h3-10,20H,11H2,1-2H3/b19-13-. The van der Waals surface area contributed by atoms with Crippen LogP contribution in [-0.4, -0.2) is 37.4 Å². The van der Waals surface area contributed by atoms with E-state index in [1.807, 2.05) is 6.92 Å². The first-order chi connectivity index (χ1) is 12.3. The highest BCUT2D eigenvalue weighted by Crippen LogP contribution is 2.22. The normalized spacial score (nSPS) is 14.5. The molecule has 0 aliphatic carbocycles. The van der Waals surface area contributed by atoms with Crippen LogP contribution in [0.3, 0.4) is 0 Å². The quantitative estimate of drug-likeness (QED) is 0.494. The van der Waals surface area contributed by atoms with Gasteiger partial charge in [0.15, 0.2) is 0 Å². The molecule has 26 heavy (non-hydrogen) atoms. The highest BCUT2D eigenvalue weighted by atomic mass is 32.2. The molecular weight excluding hydrogens is 354 g/mol. The third kappa shape index (κ3) is 3.36. The minimum absolute atomic E-state index is 0.0837. The van der Waals surface area contributed by atoms with E-state index < -0.39 is 21.8 Å². The number of hydrazone groups is 1. The van der Waals surface area contributed by atoms with Crippen molar-refractivity contribution in [1.82, 2.24) is 9.73 Å². The molecule has 7 nitrogen and oxygen atoms in total. The van der Waals surface area contributed by atoms with Gasteiger partial charge in [-0.15, -0.1) is 0 Å². The molecular formula is C18H17N3O4S. The number of benzene rings is 2. The molecule has 1 heterocycles. The number of fused-ring (bicyclic) bond motifs is 1. The van der Waals surface area contributed by atoms with E-state index >= 15 is 0 Å². The van der Waals surface area contributed by atoms with Gasteiger partial charge in [0.05, 0.1) is 28.3 Å². The average molecular weight is 371 g/mol. The van der Waals surface area contributed by atoms with Crippen LogP contribution in [0.2, 0.25) is 0 Å². The Morgan fingerprint density at radius 3 is 2.08 bits per heavy atom. The van der Waals surface area contributed by atoms with Gasteiger partial charge in [0, 0.05) is 0 Å². The van der Waals surface area contributed by atoms with E-state index in [1.165, 1.54) is 12.1 Å². The lowest BCUT2D eigenvalue weighted by molar-refractivity contribution is 0.0677.